The molecule has 2 aliphatic carbocycles. The number of benzene rings is 7. The first-order chi connectivity index (χ1) is 20.2. The largest absolute Gasteiger partial charge is 0.0581 e. The van der Waals surface area contributed by atoms with Gasteiger partial charge in [0.1, 0.15) is 0 Å². The number of rotatable bonds is 0. The highest BCUT2D eigenvalue weighted by molar-refractivity contribution is 6.25. The van der Waals surface area contributed by atoms with Gasteiger partial charge in [0, 0.05) is 0 Å². The fraction of sp³-hybridized carbons (Fsp3) is 0.190. The van der Waals surface area contributed by atoms with Gasteiger partial charge in [-0.2, -0.15) is 0 Å². The fourth-order valence-corrected chi connectivity index (χ4v) is 8.92. The van der Waals surface area contributed by atoms with Crippen LogP contribution >= 0.6 is 0 Å². The molecule has 0 bridgehead atoms. The van der Waals surface area contributed by atoms with E-state index in [0.29, 0.717) is 0 Å². The van der Waals surface area contributed by atoms with Gasteiger partial charge in [-0.1, -0.05) is 48.5 Å². The molecule has 0 atom stereocenters. The molecule has 202 valence electrons. The van der Waals surface area contributed by atoms with E-state index in [4.69, 9.17) is 0 Å². The summed E-state index contributed by atoms with van der Waals surface area (Å²) in [5.74, 6) is 0. The summed E-state index contributed by atoms with van der Waals surface area (Å²) < 4.78 is 0. The topological polar surface area (TPSA) is 0 Å². The van der Waals surface area contributed by atoms with Crippen molar-refractivity contribution in [3.63, 3.8) is 0 Å². The minimum atomic E-state index is 1.35. The first kappa shape index (κ1) is 24.2. The molecular formula is C42H34. The van der Waals surface area contributed by atoms with Gasteiger partial charge < -0.3 is 0 Å². The second kappa shape index (κ2) is 7.69. The van der Waals surface area contributed by atoms with Crippen LogP contribution in [0.15, 0.2) is 60.7 Å². The lowest BCUT2D eigenvalue weighted by molar-refractivity contribution is 1.42. The summed E-state index contributed by atoms with van der Waals surface area (Å²) in [6.45, 7) is 18.6. The van der Waals surface area contributed by atoms with Crippen LogP contribution in [0, 0.1) is 55.4 Å². The van der Waals surface area contributed by atoms with E-state index in [1.165, 1.54) is 132 Å². The zero-order valence-electron chi connectivity index (χ0n) is 25.8. The highest BCUT2D eigenvalue weighted by atomic mass is 14.3. The van der Waals surface area contributed by atoms with Crippen molar-refractivity contribution in [1.82, 2.24) is 0 Å². The third kappa shape index (κ3) is 2.61. The van der Waals surface area contributed by atoms with Crippen molar-refractivity contribution in [3.05, 3.63) is 105 Å². The summed E-state index contributed by atoms with van der Waals surface area (Å²) in [6, 6.07) is 23.5. The Morgan fingerprint density at radius 2 is 0.524 bits per heavy atom. The summed E-state index contributed by atoms with van der Waals surface area (Å²) in [5.41, 5.74) is 22.7. The number of fused-ring (bicyclic) bond motifs is 8. The molecule has 9 rings (SSSR count). The minimum absolute atomic E-state index is 1.35. The Labute approximate surface area is 247 Å². The molecule has 0 heteroatoms. The zero-order valence-corrected chi connectivity index (χ0v) is 25.8. The molecule has 7 aromatic carbocycles. The van der Waals surface area contributed by atoms with Gasteiger partial charge in [-0.3, -0.25) is 0 Å². The molecule has 0 saturated heterocycles. The van der Waals surface area contributed by atoms with E-state index in [1.54, 1.807) is 0 Å². The molecule has 0 aliphatic heterocycles. The van der Waals surface area contributed by atoms with Crippen molar-refractivity contribution < 1.29 is 0 Å². The summed E-state index contributed by atoms with van der Waals surface area (Å²) in [5, 5.41) is 11.2. The van der Waals surface area contributed by atoms with E-state index < -0.39 is 0 Å². The van der Waals surface area contributed by atoms with Crippen molar-refractivity contribution in [2.75, 3.05) is 0 Å². The van der Waals surface area contributed by atoms with Crippen LogP contribution in [0.1, 0.15) is 44.5 Å². The highest BCUT2D eigenvalue weighted by Gasteiger charge is 2.32. The Kier molecular flexibility index (Phi) is 4.43. The average Bonchev–Trinajstić information content (AvgIpc) is 3.54. The van der Waals surface area contributed by atoms with E-state index in [0.717, 1.165) is 0 Å². The number of hydrogen-bond donors (Lipinski definition) is 0. The van der Waals surface area contributed by atoms with E-state index in [1.807, 2.05) is 0 Å². The molecule has 0 aromatic heterocycles. The normalized spacial score (nSPS) is 12.8. The van der Waals surface area contributed by atoms with Crippen LogP contribution in [0.25, 0.3) is 87.6 Å². The van der Waals surface area contributed by atoms with Gasteiger partial charge in [-0.15, -0.1) is 0 Å². The molecule has 0 radical (unpaired) electrons. The predicted molar refractivity (Wildman–Crippen MR) is 183 cm³/mol. The van der Waals surface area contributed by atoms with Crippen LogP contribution in [0.5, 0.6) is 0 Å². The van der Waals surface area contributed by atoms with Crippen LogP contribution in [0.2, 0.25) is 0 Å². The van der Waals surface area contributed by atoms with E-state index in [9.17, 15) is 0 Å². The Hall–Kier alpha value is -4.42. The maximum atomic E-state index is 2.53. The van der Waals surface area contributed by atoms with Gasteiger partial charge in [0.15, 0.2) is 0 Å². The molecule has 42 heavy (non-hydrogen) atoms. The molecule has 0 N–H and O–H groups in total. The van der Waals surface area contributed by atoms with Crippen LogP contribution in [0.4, 0.5) is 0 Å². The second-order valence-electron chi connectivity index (χ2n) is 13.2. The standard InChI is InChI=1S/C42H34/c1-19-9-13-27-14-10-20(2)34-38-24(6)30-18-32-26(8)40-36-22(4)12-16-28-15-11-21(3)35(42(28)36)39(40)25(7)31(32)17-29(30)23(5)37(38)33(19)41(27)34/h9-18H,1-8H3. The Balaban J connectivity index is 1.47. The summed E-state index contributed by atoms with van der Waals surface area (Å²) in [7, 11) is 0. The lowest BCUT2D eigenvalue weighted by Crippen LogP contribution is -1.96. The molecule has 2 aliphatic rings. The lowest BCUT2D eigenvalue weighted by Gasteiger charge is -2.21. The molecule has 0 saturated carbocycles. The van der Waals surface area contributed by atoms with Crippen molar-refractivity contribution in [2.45, 2.75) is 55.4 Å². The molecule has 0 unspecified atom stereocenters. The van der Waals surface area contributed by atoms with E-state index in [2.05, 4.69) is 116 Å². The zero-order chi connectivity index (χ0) is 28.9. The third-order valence-electron chi connectivity index (χ3n) is 11.0. The average molecular weight is 539 g/mol. The third-order valence-corrected chi connectivity index (χ3v) is 11.0. The first-order valence-corrected chi connectivity index (χ1v) is 15.3. The predicted octanol–water partition coefficient (Wildman–Crippen LogP) is 12.1. The van der Waals surface area contributed by atoms with Crippen molar-refractivity contribution in [3.8, 4) is 44.5 Å². The molecule has 0 spiro atoms. The molecule has 0 heterocycles. The Morgan fingerprint density at radius 3 is 0.762 bits per heavy atom. The monoisotopic (exact) mass is 538 g/mol. The highest BCUT2D eigenvalue weighted by Crippen LogP contribution is 2.57. The maximum Gasteiger partial charge on any atom is -0.00208 e. The number of hydrogen-bond acceptors (Lipinski definition) is 0. The minimum Gasteiger partial charge on any atom is -0.0581 e. The molecule has 0 fully saturated rings. The van der Waals surface area contributed by atoms with Gasteiger partial charge in [0.25, 0.3) is 0 Å². The molecular weight excluding hydrogens is 504 g/mol. The maximum absolute atomic E-state index is 2.53. The summed E-state index contributed by atoms with van der Waals surface area (Å²) in [4.78, 5) is 0. The SMILES string of the molecule is Cc1ccc2ccc(C)c3c2c1-c1c-3c(C)c2cc3c(C)c4c(c(C)c3cc2c1C)-c1c(C)ccc2ccc(C)c-4c12. The summed E-state index contributed by atoms with van der Waals surface area (Å²) >= 11 is 0. The summed E-state index contributed by atoms with van der Waals surface area (Å²) in [6.07, 6.45) is 0. The van der Waals surface area contributed by atoms with Crippen LogP contribution in [-0.4, -0.2) is 0 Å². The van der Waals surface area contributed by atoms with Crippen LogP contribution in [-0.2, 0) is 0 Å². The number of aryl methyl sites for hydroxylation is 8. The van der Waals surface area contributed by atoms with Gasteiger partial charge in [0.2, 0.25) is 0 Å². The van der Waals surface area contributed by atoms with Gasteiger partial charge >= 0.3 is 0 Å². The first-order valence-electron chi connectivity index (χ1n) is 15.3. The Morgan fingerprint density at radius 1 is 0.286 bits per heavy atom. The molecule has 7 aromatic rings. The molecule has 0 nitrogen and oxygen atoms in total. The van der Waals surface area contributed by atoms with E-state index >= 15 is 0 Å². The van der Waals surface area contributed by atoms with Crippen molar-refractivity contribution in [2.24, 2.45) is 0 Å². The van der Waals surface area contributed by atoms with Crippen LogP contribution in [0.3, 0.4) is 0 Å². The molecule has 0 amide bonds. The quantitative estimate of drug-likeness (QED) is 0.168. The van der Waals surface area contributed by atoms with Crippen molar-refractivity contribution in [1.29, 1.82) is 0 Å². The van der Waals surface area contributed by atoms with Crippen LogP contribution < -0.4 is 0 Å². The van der Waals surface area contributed by atoms with Crippen molar-refractivity contribution >= 4 is 43.1 Å². The fourth-order valence-electron chi connectivity index (χ4n) is 8.92. The smallest absolute Gasteiger partial charge is 0.00208 e. The second-order valence-corrected chi connectivity index (χ2v) is 13.2. The van der Waals surface area contributed by atoms with E-state index in [-0.39, 0.29) is 0 Å². The lowest BCUT2D eigenvalue weighted by atomic mass is 9.83. The van der Waals surface area contributed by atoms with Gasteiger partial charge in [-0.25, -0.2) is 0 Å². The van der Waals surface area contributed by atoms with Gasteiger partial charge in [0.05, 0.1) is 0 Å². The Bertz CT molecular complexity index is 2130. The van der Waals surface area contributed by atoms with Gasteiger partial charge in [-0.05, 0) is 200 Å².